The van der Waals surface area contributed by atoms with Gasteiger partial charge in [0.25, 0.3) is 0 Å². The maximum atomic E-state index is 12.8. The molecule has 0 heterocycles. The van der Waals surface area contributed by atoms with Crippen LogP contribution in [0, 0.1) is 5.82 Å². The van der Waals surface area contributed by atoms with E-state index in [1.807, 2.05) is 13.8 Å². The van der Waals surface area contributed by atoms with E-state index in [0.29, 0.717) is 6.54 Å². The van der Waals surface area contributed by atoms with Gasteiger partial charge in [0.2, 0.25) is 5.91 Å². The van der Waals surface area contributed by atoms with Crippen LogP contribution < -0.4 is 5.32 Å². The van der Waals surface area contributed by atoms with Crippen molar-refractivity contribution in [3.8, 4) is 0 Å². The second kappa shape index (κ2) is 5.77. The second-order valence-electron chi connectivity index (χ2n) is 4.64. The molecule has 4 heteroatoms. The molecule has 0 unspecified atom stereocenters. The fourth-order valence-electron chi connectivity index (χ4n) is 1.51. The molecule has 1 aromatic rings. The van der Waals surface area contributed by atoms with Crippen molar-refractivity contribution in [3.05, 3.63) is 35.6 Å². The van der Waals surface area contributed by atoms with Crippen molar-refractivity contribution in [1.29, 1.82) is 0 Å². The summed E-state index contributed by atoms with van der Waals surface area (Å²) in [7, 11) is 0. The average Bonchev–Trinajstić information content (AvgIpc) is 2.28. The Morgan fingerprint density at radius 2 is 1.94 bits per heavy atom. The zero-order valence-electron chi connectivity index (χ0n) is 10.2. The lowest BCUT2D eigenvalue weighted by atomic mass is 9.84. The Hall–Kier alpha value is -1.42. The minimum absolute atomic E-state index is 0.111. The third-order valence-corrected chi connectivity index (χ3v) is 2.69. The monoisotopic (exact) mass is 239 g/mol. The molecule has 3 nitrogen and oxygen atoms in total. The first kappa shape index (κ1) is 13.6. The summed E-state index contributed by atoms with van der Waals surface area (Å²) in [6.07, 6.45) is 0.111. The van der Waals surface area contributed by atoms with Gasteiger partial charge in [-0.2, -0.15) is 0 Å². The van der Waals surface area contributed by atoms with E-state index in [-0.39, 0.29) is 30.2 Å². The normalized spacial score (nSPS) is 11.3. The molecule has 0 fully saturated rings. The highest BCUT2D eigenvalue weighted by molar-refractivity contribution is 5.76. The molecule has 1 aromatic carbocycles. The van der Waals surface area contributed by atoms with Crippen LogP contribution in [0.25, 0.3) is 0 Å². The summed E-state index contributed by atoms with van der Waals surface area (Å²) in [5, 5.41) is 11.4. The van der Waals surface area contributed by atoms with Crippen molar-refractivity contribution in [1.82, 2.24) is 5.32 Å². The van der Waals surface area contributed by atoms with Crippen LogP contribution in [0.15, 0.2) is 24.3 Å². The van der Waals surface area contributed by atoms with Gasteiger partial charge in [-0.1, -0.05) is 26.0 Å². The van der Waals surface area contributed by atoms with E-state index in [0.717, 1.165) is 5.56 Å². The smallest absolute Gasteiger partial charge is 0.222 e. The summed E-state index contributed by atoms with van der Waals surface area (Å²) in [6, 6.07) is 6.25. The number of hydrogen-bond donors (Lipinski definition) is 2. The molecule has 0 saturated carbocycles. The average molecular weight is 239 g/mol. The highest BCUT2D eigenvalue weighted by Gasteiger charge is 2.21. The van der Waals surface area contributed by atoms with Crippen molar-refractivity contribution in [2.45, 2.75) is 25.7 Å². The van der Waals surface area contributed by atoms with Crippen molar-refractivity contribution in [2.24, 2.45) is 0 Å². The number of nitrogens with one attached hydrogen (secondary N) is 1. The van der Waals surface area contributed by atoms with Crippen LogP contribution in [0.1, 0.15) is 25.8 Å². The number of carbonyl (C=O) groups excluding carboxylic acids is 1. The van der Waals surface area contributed by atoms with Crippen LogP contribution in [0.5, 0.6) is 0 Å². The van der Waals surface area contributed by atoms with Crippen molar-refractivity contribution >= 4 is 5.91 Å². The minimum Gasteiger partial charge on any atom is -0.396 e. The van der Waals surface area contributed by atoms with Gasteiger partial charge in [0.05, 0.1) is 6.61 Å². The van der Waals surface area contributed by atoms with Crippen LogP contribution in [0.4, 0.5) is 4.39 Å². The topological polar surface area (TPSA) is 49.3 Å². The number of aliphatic hydroxyl groups is 1. The number of hydrogen-bond acceptors (Lipinski definition) is 2. The Morgan fingerprint density at radius 1 is 1.35 bits per heavy atom. The van der Waals surface area contributed by atoms with E-state index in [2.05, 4.69) is 5.32 Å². The van der Waals surface area contributed by atoms with Crippen LogP contribution >= 0.6 is 0 Å². The molecule has 1 rings (SSSR count). The summed E-state index contributed by atoms with van der Waals surface area (Å²) >= 11 is 0. The highest BCUT2D eigenvalue weighted by atomic mass is 19.1. The maximum Gasteiger partial charge on any atom is 0.222 e. The third kappa shape index (κ3) is 4.15. The van der Waals surface area contributed by atoms with Gasteiger partial charge in [-0.3, -0.25) is 4.79 Å². The standard InChI is InChI=1S/C13H18FNO2/c1-13(2,9-15-12(17)7-8-16)10-3-5-11(14)6-4-10/h3-6,16H,7-9H2,1-2H3,(H,15,17). The Kier molecular flexibility index (Phi) is 4.63. The SMILES string of the molecule is CC(C)(CNC(=O)CCO)c1ccc(F)cc1. The fraction of sp³-hybridized carbons (Fsp3) is 0.462. The summed E-state index contributed by atoms with van der Waals surface area (Å²) in [6.45, 7) is 4.25. The molecule has 1 amide bonds. The minimum atomic E-state index is -0.270. The van der Waals surface area contributed by atoms with Crippen LogP contribution in [0.3, 0.4) is 0 Å². The molecule has 0 atom stereocenters. The largest absolute Gasteiger partial charge is 0.396 e. The molecule has 2 N–H and O–H groups in total. The van der Waals surface area contributed by atoms with E-state index >= 15 is 0 Å². The first-order valence-corrected chi connectivity index (χ1v) is 5.59. The van der Waals surface area contributed by atoms with Crippen LogP contribution in [-0.2, 0) is 10.2 Å². The molecule has 17 heavy (non-hydrogen) atoms. The van der Waals surface area contributed by atoms with E-state index in [1.165, 1.54) is 12.1 Å². The maximum absolute atomic E-state index is 12.8. The number of benzene rings is 1. The molecule has 0 aliphatic carbocycles. The van der Waals surface area contributed by atoms with Gasteiger partial charge >= 0.3 is 0 Å². The Labute approximate surface area is 101 Å². The summed E-state index contributed by atoms with van der Waals surface area (Å²) in [5.74, 6) is -0.448. The van der Waals surface area contributed by atoms with Gasteiger partial charge in [0.1, 0.15) is 5.82 Å². The quantitative estimate of drug-likeness (QED) is 0.820. The lowest BCUT2D eigenvalue weighted by Gasteiger charge is -2.25. The number of rotatable bonds is 5. The Morgan fingerprint density at radius 3 is 2.47 bits per heavy atom. The molecule has 0 aliphatic rings. The van der Waals surface area contributed by atoms with E-state index in [4.69, 9.17) is 5.11 Å². The fourth-order valence-corrected chi connectivity index (χ4v) is 1.51. The van der Waals surface area contributed by atoms with Gasteiger partial charge in [0.15, 0.2) is 0 Å². The predicted molar refractivity (Wildman–Crippen MR) is 64.1 cm³/mol. The van der Waals surface area contributed by atoms with Crippen molar-refractivity contribution in [2.75, 3.05) is 13.2 Å². The lowest BCUT2D eigenvalue weighted by molar-refractivity contribution is -0.121. The lowest BCUT2D eigenvalue weighted by Crippen LogP contribution is -2.36. The first-order valence-electron chi connectivity index (χ1n) is 5.59. The molecular formula is C13H18FNO2. The Bertz CT molecular complexity index is 374. The van der Waals surface area contributed by atoms with Gasteiger partial charge in [-0.25, -0.2) is 4.39 Å². The molecule has 0 aliphatic heterocycles. The van der Waals surface area contributed by atoms with Gasteiger partial charge in [-0.05, 0) is 17.7 Å². The zero-order valence-corrected chi connectivity index (χ0v) is 10.2. The second-order valence-corrected chi connectivity index (χ2v) is 4.64. The number of carbonyl (C=O) groups is 1. The van der Waals surface area contributed by atoms with E-state index in [9.17, 15) is 9.18 Å². The third-order valence-electron chi connectivity index (χ3n) is 2.69. The van der Waals surface area contributed by atoms with Crippen molar-refractivity contribution < 1.29 is 14.3 Å². The number of halogens is 1. The van der Waals surface area contributed by atoms with Gasteiger partial charge < -0.3 is 10.4 Å². The zero-order chi connectivity index (χ0) is 12.9. The molecule has 0 bridgehead atoms. The van der Waals surface area contributed by atoms with E-state index < -0.39 is 0 Å². The molecule has 0 spiro atoms. The molecule has 0 radical (unpaired) electrons. The summed E-state index contributed by atoms with van der Waals surface area (Å²) in [5.41, 5.74) is 0.696. The molecular weight excluding hydrogens is 221 g/mol. The Balaban J connectivity index is 2.61. The number of aliphatic hydroxyl groups excluding tert-OH is 1. The van der Waals surface area contributed by atoms with Crippen LogP contribution in [0.2, 0.25) is 0 Å². The molecule has 0 saturated heterocycles. The summed E-state index contributed by atoms with van der Waals surface area (Å²) < 4.78 is 12.8. The van der Waals surface area contributed by atoms with Gasteiger partial charge in [-0.15, -0.1) is 0 Å². The highest BCUT2D eigenvalue weighted by Crippen LogP contribution is 2.22. The van der Waals surface area contributed by atoms with Crippen LogP contribution in [-0.4, -0.2) is 24.2 Å². The van der Waals surface area contributed by atoms with E-state index in [1.54, 1.807) is 12.1 Å². The molecule has 0 aromatic heterocycles. The first-order chi connectivity index (χ1) is 7.95. The summed E-state index contributed by atoms with van der Waals surface area (Å²) in [4.78, 5) is 11.2. The van der Waals surface area contributed by atoms with Crippen molar-refractivity contribution in [3.63, 3.8) is 0 Å². The molecule has 94 valence electrons. The van der Waals surface area contributed by atoms with Gasteiger partial charge in [0, 0.05) is 18.4 Å². The predicted octanol–water partition coefficient (Wildman–Crippen LogP) is 1.60. The number of amides is 1.